The third-order valence-electron chi connectivity index (χ3n) is 4.57. The van der Waals surface area contributed by atoms with Crippen molar-refractivity contribution in [3.05, 3.63) is 54.1 Å². The summed E-state index contributed by atoms with van der Waals surface area (Å²) >= 11 is 0. The van der Waals surface area contributed by atoms with Crippen LogP contribution in [0.5, 0.6) is 17.2 Å². The highest BCUT2D eigenvalue weighted by molar-refractivity contribution is 5.39. The van der Waals surface area contributed by atoms with Crippen LogP contribution in [-0.2, 0) is 0 Å². The fourth-order valence-corrected chi connectivity index (χ4v) is 3.33. The fourth-order valence-electron chi connectivity index (χ4n) is 3.33. The van der Waals surface area contributed by atoms with E-state index < -0.39 is 0 Å². The summed E-state index contributed by atoms with van der Waals surface area (Å²) < 4.78 is 16.5. The first-order valence-corrected chi connectivity index (χ1v) is 8.53. The van der Waals surface area contributed by atoms with Crippen LogP contribution in [0, 0.1) is 0 Å². The molecule has 1 saturated heterocycles. The van der Waals surface area contributed by atoms with E-state index in [-0.39, 0.29) is 12.1 Å². The van der Waals surface area contributed by atoms with Gasteiger partial charge in [0, 0.05) is 19.1 Å². The van der Waals surface area contributed by atoms with E-state index in [9.17, 15) is 5.11 Å². The van der Waals surface area contributed by atoms with Gasteiger partial charge in [-0.1, -0.05) is 24.3 Å². The van der Waals surface area contributed by atoms with Crippen LogP contribution < -0.4 is 14.2 Å². The first-order chi connectivity index (χ1) is 12.2. The molecule has 1 N–H and O–H groups in total. The van der Waals surface area contributed by atoms with Crippen molar-refractivity contribution in [2.24, 2.45) is 0 Å². The molecular weight excluding hydrogens is 318 g/mol. The molecule has 134 valence electrons. The predicted octanol–water partition coefficient (Wildman–Crippen LogP) is 2.89. The van der Waals surface area contributed by atoms with Crippen LogP contribution in [0.2, 0.25) is 0 Å². The molecule has 5 nitrogen and oxygen atoms in total. The summed E-state index contributed by atoms with van der Waals surface area (Å²) in [5.74, 6) is 2.31. The van der Waals surface area contributed by atoms with E-state index in [4.69, 9.17) is 14.2 Å². The monoisotopic (exact) mass is 343 g/mol. The number of hydrogen-bond donors (Lipinski definition) is 1. The van der Waals surface area contributed by atoms with Gasteiger partial charge in [0.2, 0.25) is 0 Å². The Morgan fingerprint density at radius 3 is 2.60 bits per heavy atom. The Hall–Kier alpha value is -2.24. The largest absolute Gasteiger partial charge is 0.497 e. The Morgan fingerprint density at radius 1 is 1.04 bits per heavy atom. The second-order valence-electron chi connectivity index (χ2n) is 6.18. The van der Waals surface area contributed by atoms with Crippen LogP contribution in [0.25, 0.3) is 0 Å². The zero-order chi connectivity index (χ0) is 17.6. The van der Waals surface area contributed by atoms with Crippen molar-refractivity contribution in [3.8, 4) is 17.2 Å². The van der Waals surface area contributed by atoms with E-state index in [1.807, 2.05) is 42.5 Å². The number of β-amino-alcohol motifs (C(OH)–C–C–N with tert-alkyl or cyclic N) is 1. The van der Waals surface area contributed by atoms with Gasteiger partial charge in [0.05, 0.1) is 20.3 Å². The highest BCUT2D eigenvalue weighted by Crippen LogP contribution is 2.33. The molecule has 2 aromatic rings. The van der Waals surface area contributed by atoms with Crippen molar-refractivity contribution in [3.63, 3.8) is 0 Å². The minimum atomic E-state index is -0.317. The van der Waals surface area contributed by atoms with Crippen LogP contribution in [0.4, 0.5) is 0 Å². The van der Waals surface area contributed by atoms with Crippen LogP contribution in [0.15, 0.2) is 48.5 Å². The van der Waals surface area contributed by atoms with Gasteiger partial charge < -0.3 is 19.3 Å². The van der Waals surface area contributed by atoms with E-state index in [1.165, 1.54) is 0 Å². The maximum atomic E-state index is 10.1. The molecule has 1 fully saturated rings. The van der Waals surface area contributed by atoms with Gasteiger partial charge in [-0.2, -0.15) is 0 Å². The highest BCUT2D eigenvalue weighted by Gasteiger charge is 2.32. The second-order valence-corrected chi connectivity index (χ2v) is 6.18. The Labute approximate surface area is 148 Å². The molecule has 25 heavy (non-hydrogen) atoms. The number of rotatable bonds is 7. The summed E-state index contributed by atoms with van der Waals surface area (Å²) in [4.78, 5) is 2.26. The number of hydrogen-bond acceptors (Lipinski definition) is 5. The number of nitrogens with zero attached hydrogens (tertiary/aromatic N) is 1. The molecule has 2 aromatic carbocycles. The van der Waals surface area contributed by atoms with Crippen molar-refractivity contribution in [2.45, 2.75) is 18.6 Å². The van der Waals surface area contributed by atoms with Crippen LogP contribution >= 0.6 is 0 Å². The second kappa shape index (κ2) is 8.23. The first-order valence-electron chi connectivity index (χ1n) is 8.53. The lowest BCUT2D eigenvalue weighted by Gasteiger charge is -2.25. The molecule has 0 radical (unpaired) electrons. The highest BCUT2D eigenvalue weighted by atomic mass is 16.5. The molecule has 5 heteroatoms. The summed E-state index contributed by atoms with van der Waals surface area (Å²) in [5, 5.41) is 10.1. The van der Waals surface area contributed by atoms with E-state index in [0.29, 0.717) is 13.2 Å². The zero-order valence-corrected chi connectivity index (χ0v) is 14.7. The molecule has 1 aliphatic rings. The lowest BCUT2D eigenvalue weighted by molar-refractivity contribution is 0.160. The molecule has 0 aliphatic carbocycles. The number of ether oxygens (including phenoxy) is 3. The maximum absolute atomic E-state index is 10.1. The standard InChI is InChI=1S/C20H25NO4/c1-23-17-7-5-6-15(12-17)18-13-16(22)14-21(18)10-11-25-20-9-4-3-8-19(20)24-2/h3-9,12,16,18,22H,10-11,13-14H2,1-2H3/t16-,18-/m1/s1. The van der Waals surface area contributed by atoms with Gasteiger partial charge in [-0.3, -0.25) is 4.90 Å². The molecule has 0 saturated carbocycles. The molecule has 0 bridgehead atoms. The SMILES string of the molecule is COc1cccc([C@H]2C[C@@H](O)CN2CCOc2ccccc2OC)c1. The molecule has 2 atom stereocenters. The predicted molar refractivity (Wildman–Crippen MR) is 96.4 cm³/mol. The topological polar surface area (TPSA) is 51.2 Å². The van der Waals surface area contributed by atoms with Gasteiger partial charge >= 0.3 is 0 Å². The Kier molecular flexibility index (Phi) is 5.79. The van der Waals surface area contributed by atoms with E-state index >= 15 is 0 Å². The summed E-state index contributed by atoms with van der Waals surface area (Å²) in [6, 6.07) is 15.8. The summed E-state index contributed by atoms with van der Waals surface area (Å²) in [6.45, 7) is 1.92. The molecule has 1 heterocycles. The third-order valence-corrected chi connectivity index (χ3v) is 4.57. The summed E-state index contributed by atoms with van der Waals surface area (Å²) in [7, 11) is 3.30. The molecule has 3 rings (SSSR count). The average Bonchev–Trinajstić information content (AvgIpc) is 3.03. The van der Waals surface area contributed by atoms with Gasteiger partial charge in [-0.05, 0) is 36.2 Å². The van der Waals surface area contributed by atoms with Crippen molar-refractivity contribution in [2.75, 3.05) is 33.9 Å². The number of methoxy groups -OCH3 is 2. The molecule has 0 spiro atoms. The van der Waals surface area contributed by atoms with Gasteiger partial charge in [0.25, 0.3) is 0 Å². The quantitative estimate of drug-likeness (QED) is 0.838. The van der Waals surface area contributed by atoms with Gasteiger partial charge in [0.15, 0.2) is 11.5 Å². The van der Waals surface area contributed by atoms with Crippen molar-refractivity contribution in [1.82, 2.24) is 4.90 Å². The Morgan fingerprint density at radius 2 is 1.84 bits per heavy atom. The average molecular weight is 343 g/mol. The first kappa shape index (κ1) is 17.6. The summed E-state index contributed by atoms with van der Waals surface area (Å²) in [5.41, 5.74) is 1.16. The van der Waals surface area contributed by atoms with Crippen molar-refractivity contribution < 1.29 is 19.3 Å². The molecule has 0 unspecified atom stereocenters. The number of aliphatic hydroxyl groups excluding tert-OH is 1. The molecule has 0 aromatic heterocycles. The Bertz CT molecular complexity index is 691. The smallest absolute Gasteiger partial charge is 0.161 e. The number of para-hydroxylation sites is 2. The van der Waals surface area contributed by atoms with E-state index in [0.717, 1.165) is 35.8 Å². The van der Waals surface area contributed by atoms with Crippen LogP contribution in [-0.4, -0.2) is 50.0 Å². The van der Waals surface area contributed by atoms with Crippen LogP contribution in [0.1, 0.15) is 18.0 Å². The number of benzene rings is 2. The van der Waals surface area contributed by atoms with E-state index in [2.05, 4.69) is 11.0 Å². The zero-order valence-electron chi connectivity index (χ0n) is 14.7. The van der Waals surface area contributed by atoms with Crippen molar-refractivity contribution >= 4 is 0 Å². The fraction of sp³-hybridized carbons (Fsp3) is 0.400. The lowest BCUT2D eigenvalue weighted by Crippen LogP contribution is -2.29. The summed E-state index contributed by atoms with van der Waals surface area (Å²) in [6.07, 6.45) is 0.407. The lowest BCUT2D eigenvalue weighted by atomic mass is 10.0. The van der Waals surface area contributed by atoms with Crippen LogP contribution in [0.3, 0.4) is 0 Å². The van der Waals surface area contributed by atoms with Crippen molar-refractivity contribution in [1.29, 1.82) is 0 Å². The normalized spacial score (nSPS) is 20.4. The number of likely N-dealkylation sites (tertiary alicyclic amines) is 1. The third kappa shape index (κ3) is 4.24. The minimum Gasteiger partial charge on any atom is -0.497 e. The molecular formula is C20H25NO4. The minimum absolute atomic E-state index is 0.173. The Balaban J connectivity index is 1.64. The molecule has 1 aliphatic heterocycles. The number of aliphatic hydroxyl groups is 1. The van der Waals surface area contributed by atoms with E-state index in [1.54, 1.807) is 14.2 Å². The van der Waals surface area contributed by atoms with Gasteiger partial charge in [-0.25, -0.2) is 0 Å². The maximum Gasteiger partial charge on any atom is 0.161 e. The molecule has 0 amide bonds. The van der Waals surface area contributed by atoms with Gasteiger partial charge in [0.1, 0.15) is 12.4 Å². The van der Waals surface area contributed by atoms with Gasteiger partial charge in [-0.15, -0.1) is 0 Å².